The van der Waals surface area contributed by atoms with Gasteiger partial charge in [0.2, 0.25) is 0 Å². The van der Waals surface area contributed by atoms with Crippen molar-refractivity contribution in [3.05, 3.63) is 83.3 Å². The van der Waals surface area contributed by atoms with Crippen LogP contribution in [0.15, 0.2) is 65.3 Å². The van der Waals surface area contributed by atoms with Gasteiger partial charge in [-0.2, -0.15) is 0 Å². The van der Waals surface area contributed by atoms with Crippen LogP contribution in [0.4, 0.5) is 0 Å². The van der Waals surface area contributed by atoms with Gasteiger partial charge in [0, 0.05) is 18.7 Å². The minimum atomic E-state index is -0.0495. The Kier molecular flexibility index (Phi) is 6.05. The molecule has 4 rings (SSSR count). The third-order valence-corrected chi connectivity index (χ3v) is 5.61. The summed E-state index contributed by atoms with van der Waals surface area (Å²) in [5.41, 5.74) is 3.43. The molecule has 3 aromatic rings. The SMILES string of the molecule is COc1cc2c(cc1OC)CN(C(=O)C[NH2+][C@@H](c1ccccc1)c1ccco1)CC2. The fourth-order valence-electron chi connectivity index (χ4n) is 3.99. The van der Waals surface area contributed by atoms with Gasteiger partial charge in [-0.1, -0.05) is 30.3 Å². The molecule has 156 valence electrons. The highest BCUT2D eigenvalue weighted by Crippen LogP contribution is 2.33. The summed E-state index contributed by atoms with van der Waals surface area (Å²) in [5.74, 6) is 2.38. The van der Waals surface area contributed by atoms with Crippen LogP contribution in [0.25, 0.3) is 0 Å². The molecule has 0 saturated carbocycles. The number of ether oxygens (including phenoxy) is 2. The van der Waals surface area contributed by atoms with Gasteiger partial charge in [-0.15, -0.1) is 0 Å². The van der Waals surface area contributed by atoms with Crippen LogP contribution in [-0.2, 0) is 17.8 Å². The van der Waals surface area contributed by atoms with Gasteiger partial charge in [-0.3, -0.25) is 4.79 Å². The lowest BCUT2D eigenvalue weighted by atomic mass is 9.98. The summed E-state index contributed by atoms with van der Waals surface area (Å²) >= 11 is 0. The first-order valence-corrected chi connectivity index (χ1v) is 10.1. The molecule has 0 saturated heterocycles. The van der Waals surface area contributed by atoms with Crippen LogP contribution in [0.5, 0.6) is 11.5 Å². The fourth-order valence-corrected chi connectivity index (χ4v) is 3.99. The maximum atomic E-state index is 13.0. The molecule has 0 radical (unpaired) electrons. The van der Waals surface area contributed by atoms with Crippen molar-refractivity contribution < 1.29 is 24.0 Å². The quantitative estimate of drug-likeness (QED) is 0.654. The Balaban J connectivity index is 1.45. The lowest BCUT2D eigenvalue weighted by molar-refractivity contribution is -0.679. The Hall–Kier alpha value is -3.25. The van der Waals surface area contributed by atoms with Crippen molar-refractivity contribution >= 4 is 5.91 Å². The third-order valence-electron chi connectivity index (χ3n) is 5.61. The van der Waals surface area contributed by atoms with E-state index in [4.69, 9.17) is 13.9 Å². The summed E-state index contributed by atoms with van der Waals surface area (Å²) in [6.07, 6.45) is 2.48. The zero-order chi connectivity index (χ0) is 20.9. The summed E-state index contributed by atoms with van der Waals surface area (Å²) in [5, 5.41) is 2.04. The van der Waals surface area contributed by atoms with E-state index in [1.165, 1.54) is 5.56 Å². The number of hydrogen-bond donors (Lipinski definition) is 1. The van der Waals surface area contributed by atoms with E-state index >= 15 is 0 Å². The van der Waals surface area contributed by atoms with E-state index in [9.17, 15) is 4.79 Å². The van der Waals surface area contributed by atoms with Crippen molar-refractivity contribution in [1.82, 2.24) is 4.90 Å². The predicted octanol–water partition coefficient (Wildman–Crippen LogP) is 2.53. The molecule has 30 heavy (non-hydrogen) atoms. The Morgan fingerprint density at radius 1 is 1.07 bits per heavy atom. The highest BCUT2D eigenvalue weighted by molar-refractivity contribution is 5.77. The number of methoxy groups -OCH3 is 2. The van der Waals surface area contributed by atoms with Crippen LogP contribution >= 0.6 is 0 Å². The molecule has 1 aliphatic rings. The van der Waals surface area contributed by atoms with Gasteiger partial charge in [0.1, 0.15) is 0 Å². The van der Waals surface area contributed by atoms with E-state index in [1.807, 2.05) is 52.7 Å². The molecule has 1 atom stereocenters. The average Bonchev–Trinajstić information content (AvgIpc) is 3.33. The molecule has 6 nitrogen and oxygen atoms in total. The molecule has 1 aliphatic heterocycles. The van der Waals surface area contributed by atoms with Crippen LogP contribution in [0.1, 0.15) is 28.5 Å². The Morgan fingerprint density at radius 2 is 1.80 bits per heavy atom. The number of fused-ring (bicyclic) bond motifs is 1. The van der Waals surface area contributed by atoms with E-state index in [0.717, 1.165) is 29.1 Å². The standard InChI is InChI=1S/C24H26N2O4/c1-28-21-13-18-10-11-26(16-19(18)14-22(21)29-2)23(27)15-25-24(20-9-6-12-30-20)17-7-4-3-5-8-17/h3-9,12-14,24-25H,10-11,15-16H2,1-2H3/p+1/t24-/m0/s1. The van der Waals surface area contributed by atoms with Gasteiger partial charge in [0.25, 0.3) is 5.91 Å². The van der Waals surface area contributed by atoms with Gasteiger partial charge in [0.05, 0.1) is 20.5 Å². The topological polar surface area (TPSA) is 68.5 Å². The molecule has 0 spiro atoms. The number of amides is 1. The van der Waals surface area contributed by atoms with Gasteiger partial charge < -0.3 is 24.1 Å². The maximum Gasteiger partial charge on any atom is 0.278 e. The van der Waals surface area contributed by atoms with E-state index in [-0.39, 0.29) is 11.9 Å². The number of rotatable bonds is 7. The minimum absolute atomic E-state index is 0.0495. The predicted molar refractivity (Wildman–Crippen MR) is 112 cm³/mol. The van der Waals surface area contributed by atoms with Crippen LogP contribution in [-0.4, -0.2) is 38.1 Å². The van der Waals surface area contributed by atoms with Gasteiger partial charge >= 0.3 is 0 Å². The van der Waals surface area contributed by atoms with Crippen molar-refractivity contribution in [2.75, 3.05) is 27.3 Å². The van der Waals surface area contributed by atoms with Crippen molar-refractivity contribution in [3.8, 4) is 11.5 Å². The van der Waals surface area contributed by atoms with Crippen LogP contribution in [0, 0.1) is 0 Å². The molecule has 2 aromatic carbocycles. The van der Waals surface area contributed by atoms with Crippen molar-refractivity contribution in [3.63, 3.8) is 0 Å². The highest BCUT2D eigenvalue weighted by atomic mass is 16.5. The summed E-state index contributed by atoms with van der Waals surface area (Å²) in [7, 11) is 3.27. The van der Waals surface area contributed by atoms with E-state index < -0.39 is 0 Å². The van der Waals surface area contributed by atoms with Crippen LogP contribution in [0.3, 0.4) is 0 Å². The summed E-state index contributed by atoms with van der Waals surface area (Å²) < 4.78 is 16.5. The first-order valence-electron chi connectivity index (χ1n) is 10.1. The molecular weight excluding hydrogens is 380 g/mol. The minimum Gasteiger partial charge on any atom is -0.493 e. The average molecular weight is 407 g/mol. The van der Waals surface area contributed by atoms with Crippen molar-refractivity contribution in [2.45, 2.75) is 19.0 Å². The second-order valence-electron chi connectivity index (χ2n) is 7.38. The monoisotopic (exact) mass is 407 g/mol. The van der Waals surface area contributed by atoms with Gasteiger partial charge in [0.15, 0.2) is 29.8 Å². The number of quaternary nitrogens is 1. The fraction of sp³-hybridized carbons (Fsp3) is 0.292. The Bertz CT molecular complexity index is 986. The first-order chi connectivity index (χ1) is 14.7. The number of nitrogens with zero attached hydrogens (tertiary/aromatic N) is 1. The first kappa shape index (κ1) is 20.0. The molecular formula is C24H27N2O4+. The Morgan fingerprint density at radius 3 is 2.47 bits per heavy atom. The molecule has 1 amide bonds. The van der Waals surface area contributed by atoms with Crippen LogP contribution in [0.2, 0.25) is 0 Å². The number of hydrogen-bond acceptors (Lipinski definition) is 4. The zero-order valence-electron chi connectivity index (χ0n) is 17.3. The number of benzene rings is 2. The molecule has 1 aromatic heterocycles. The number of furan rings is 1. The number of nitrogens with two attached hydrogens (primary N) is 1. The molecule has 2 N–H and O–H groups in total. The largest absolute Gasteiger partial charge is 0.493 e. The van der Waals surface area contributed by atoms with Gasteiger partial charge in [-0.25, -0.2) is 0 Å². The maximum absolute atomic E-state index is 13.0. The second kappa shape index (κ2) is 9.05. The van der Waals surface area contributed by atoms with E-state index in [2.05, 4.69) is 12.1 Å². The Labute approximate surface area is 176 Å². The second-order valence-corrected chi connectivity index (χ2v) is 7.38. The van der Waals surface area contributed by atoms with E-state index in [1.54, 1.807) is 20.5 Å². The molecule has 0 fully saturated rings. The summed E-state index contributed by atoms with van der Waals surface area (Å²) in [4.78, 5) is 14.9. The summed E-state index contributed by atoms with van der Waals surface area (Å²) in [6.45, 7) is 1.63. The number of carbonyl (C=O) groups excluding carboxylic acids is 1. The number of carbonyl (C=O) groups is 1. The smallest absolute Gasteiger partial charge is 0.278 e. The van der Waals surface area contributed by atoms with Crippen molar-refractivity contribution in [1.29, 1.82) is 0 Å². The lowest BCUT2D eigenvalue weighted by Gasteiger charge is -2.29. The van der Waals surface area contributed by atoms with Gasteiger partial charge in [-0.05, 0) is 41.8 Å². The zero-order valence-corrected chi connectivity index (χ0v) is 17.3. The van der Waals surface area contributed by atoms with Crippen molar-refractivity contribution in [2.24, 2.45) is 0 Å². The van der Waals surface area contributed by atoms with E-state index in [0.29, 0.717) is 25.4 Å². The summed E-state index contributed by atoms with van der Waals surface area (Å²) in [6, 6.07) is 17.9. The van der Waals surface area contributed by atoms with Crippen LogP contribution < -0.4 is 14.8 Å². The molecule has 6 heteroatoms. The lowest BCUT2D eigenvalue weighted by Crippen LogP contribution is -2.87. The molecule has 0 aliphatic carbocycles. The third kappa shape index (κ3) is 4.19. The molecule has 0 unspecified atom stereocenters. The highest BCUT2D eigenvalue weighted by Gasteiger charge is 2.26. The molecule has 0 bridgehead atoms. The normalized spacial score (nSPS) is 14.1. The molecule has 2 heterocycles.